The Morgan fingerprint density at radius 2 is 1.67 bits per heavy atom. The van der Waals surface area contributed by atoms with E-state index < -0.39 is 11.5 Å². The van der Waals surface area contributed by atoms with Gasteiger partial charge in [0.25, 0.3) is 5.91 Å². The first-order valence-electron chi connectivity index (χ1n) is 12.6. The molecule has 3 N–H and O–H groups in total. The summed E-state index contributed by atoms with van der Waals surface area (Å²) in [5.41, 5.74) is 6.73. The summed E-state index contributed by atoms with van der Waals surface area (Å²) in [6.07, 6.45) is 0. The van der Waals surface area contributed by atoms with Gasteiger partial charge in [-0.2, -0.15) is 10.1 Å². The molecule has 10 heteroatoms. The van der Waals surface area contributed by atoms with Crippen LogP contribution >= 0.6 is 11.6 Å². The molecule has 3 aromatic rings. The molecule has 0 fully saturated rings. The Bertz CT molecular complexity index is 1300. The number of hydrazone groups is 1. The third-order valence-corrected chi connectivity index (χ3v) is 6.27. The Labute approximate surface area is 232 Å². The molecular weight excluding hydrogens is 520 g/mol. The van der Waals surface area contributed by atoms with Gasteiger partial charge in [0.1, 0.15) is 18.1 Å². The highest BCUT2D eigenvalue weighted by Gasteiger charge is 2.44. The number of carbonyl (C=O) groups excluding carboxylic acids is 1. The van der Waals surface area contributed by atoms with E-state index in [9.17, 15) is 9.90 Å². The van der Waals surface area contributed by atoms with E-state index in [4.69, 9.17) is 31.5 Å². The van der Waals surface area contributed by atoms with Crippen LogP contribution < -0.4 is 10.5 Å². The lowest BCUT2D eigenvalue weighted by Gasteiger charge is -2.25. The van der Waals surface area contributed by atoms with Crippen molar-refractivity contribution >= 4 is 29.2 Å². The lowest BCUT2D eigenvalue weighted by molar-refractivity contribution is 0.0405. The molecule has 1 amide bonds. The average molecular weight is 551 g/mol. The number of hydrogen-bond acceptors (Lipinski definition) is 6. The highest BCUT2D eigenvalue weighted by atomic mass is 35.5. The molecule has 204 valence electrons. The van der Waals surface area contributed by atoms with Gasteiger partial charge in [0.05, 0.1) is 26.4 Å². The summed E-state index contributed by atoms with van der Waals surface area (Å²) < 4.78 is 16.3. The molecule has 39 heavy (non-hydrogen) atoms. The molecule has 0 aliphatic carbocycles. The molecule has 0 radical (unpaired) electrons. The highest BCUT2D eigenvalue weighted by molar-refractivity contribution is 6.30. The molecule has 4 rings (SSSR count). The third kappa shape index (κ3) is 7.21. The van der Waals surface area contributed by atoms with Crippen LogP contribution in [0.2, 0.25) is 5.02 Å². The summed E-state index contributed by atoms with van der Waals surface area (Å²) in [6, 6.07) is 22.7. The van der Waals surface area contributed by atoms with Gasteiger partial charge in [0.2, 0.25) is 5.96 Å². The van der Waals surface area contributed by atoms with E-state index in [1.807, 2.05) is 37.3 Å². The number of guanidine groups is 1. The lowest BCUT2D eigenvalue weighted by Crippen LogP contribution is -2.42. The molecule has 9 nitrogen and oxygen atoms in total. The minimum Gasteiger partial charge on any atom is -0.491 e. The predicted octanol–water partition coefficient (Wildman–Crippen LogP) is 3.83. The fourth-order valence-electron chi connectivity index (χ4n) is 4.01. The zero-order valence-corrected chi connectivity index (χ0v) is 22.4. The third-order valence-electron chi connectivity index (χ3n) is 6.01. The maximum Gasteiger partial charge on any atom is 0.280 e. The number of ether oxygens (including phenoxy) is 3. The number of β-amino-alcohol motifs (C(OH)–C–C–N with tert-alkyl or cyclic N) is 1. The van der Waals surface area contributed by atoms with Crippen molar-refractivity contribution in [1.29, 1.82) is 0 Å². The normalized spacial score (nSPS) is 17.3. The van der Waals surface area contributed by atoms with Gasteiger partial charge in [-0.15, -0.1) is 0 Å². The number of nitrogens with two attached hydrogens (primary N) is 1. The summed E-state index contributed by atoms with van der Waals surface area (Å²) in [5.74, 6) is -0.0823. The number of rotatable bonds is 11. The standard InChI is InChI=1S/C29H31ClN4O5/c1-2-37-16-17-38-18-19-39-25-14-10-22(11-15-25)27(35)32-28(31)34-20-29(36,23-6-4-3-5-7-23)26(33-34)21-8-12-24(30)13-9-21/h3-15,36H,2,16-20H2,1H3,(H2,31,32,35). The quantitative estimate of drug-likeness (QED) is 0.211. The topological polar surface area (TPSA) is 119 Å². The van der Waals surface area contributed by atoms with E-state index >= 15 is 0 Å². The number of aliphatic hydroxyl groups is 1. The van der Waals surface area contributed by atoms with Crippen molar-refractivity contribution in [2.45, 2.75) is 12.5 Å². The molecule has 0 spiro atoms. The second-order valence-electron chi connectivity index (χ2n) is 8.70. The van der Waals surface area contributed by atoms with Crippen LogP contribution in [-0.2, 0) is 15.1 Å². The van der Waals surface area contributed by atoms with Crippen LogP contribution in [0.4, 0.5) is 0 Å². The molecule has 0 bridgehead atoms. The minimum atomic E-state index is -1.48. The van der Waals surface area contributed by atoms with Gasteiger partial charge in [0.15, 0.2) is 5.60 Å². The molecule has 1 aliphatic rings. The first-order chi connectivity index (χ1) is 18.9. The molecule has 0 saturated heterocycles. The lowest BCUT2D eigenvalue weighted by atomic mass is 9.86. The zero-order chi connectivity index (χ0) is 27.7. The smallest absolute Gasteiger partial charge is 0.280 e. The van der Waals surface area contributed by atoms with E-state index in [0.29, 0.717) is 66.2 Å². The Kier molecular flexibility index (Phi) is 9.67. The summed E-state index contributed by atoms with van der Waals surface area (Å²) >= 11 is 6.06. The first-order valence-corrected chi connectivity index (χ1v) is 13.0. The Balaban J connectivity index is 1.44. The van der Waals surface area contributed by atoms with E-state index in [1.54, 1.807) is 48.5 Å². The summed E-state index contributed by atoms with van der Waals surface area (Å²) in [4.78, 5) is 16.9. The van der Waals surface area contributed by atoms with Crippen LogP contribution in [0.3, 0.4) is 0 Å². The maximum absolute atomic E-state index is 12.8. The van der Waals surface area contributed by atoms with Crippen LogP contribution in [0.1, 0.15) is 28.4 Å². The van der Waals surface area contributed by atoms with Crippen molar-refractivity contribution < 1.29 is 24.1 Å². The molecule has 1 heterocycles. The SMILES string of the molecule is CCOCCOCCOc1ccc(C(=O)N=C(N)N2CC(O)(c3ccccc3)C(c3ccc(Cl)cc3)=N2)cc1. The second-order valence-corrected chi connectivity index (χ2v) is 9.13. The van der Waals surface area contributed by atoms with Gasteiger partial charge in [-0.25, -0.2) is 5.01 Å². The molecule has 3 aromatic carbocycles. The molecule has 0 aromatic heterocycles. The van der Waals surface area contributed by atoms with Gasteiger partial charge in [-0.05, 0) is 48.9 Å². The van der Waals surface area contributed by atoms with Crippen molar-refractivity contribution in [3.63, 3.8) is 0 Å². The van der Waals surface area contributed by atoms with Crippen LogP contribution in [0.25, 0.3) is 0 Å². The minimum absolute atomic E-state index is 0.0169. The number of carbonyl (C=O) groups is 1. The Hall–Kier alpha value is -3.76. The summed E-state index contributed by atoms with van der Waals surface area (Å²) in [5, 5.41) is 18.2. The summed E-state index contributed by atoms with van der Waals surface area (Å²) in [7, 11) is 0. The fraction of sp³-hybridized carbons (Fsp3) is 0.276. The largest absolute Gasteiger partial charge is 0.491 e. The van der Waals surface area contributed by atoms with Crippen molar-refractivity contribution in [3.05, 3.63) is 101 Å². The molecule has 0 saturated carbocycles. The van der Waals surface area contributed by atoms with Crippen molar-refractivity contribution in [2.24, 2.45) is 15.8 Å². The Morgan fingerprint density at radius 3 is 2.36 bits per heavy atom. The van der Waals surface area contributed by atoms with Gasteiger partial charge in [-0.3, -0.25) is 4.79 Å². The number of benzene rings is 3. The highest BCUT2D eigenvalue weighted by Crippen LogP contribution is 2.33. The fourth-order valence-corrected chi connectivity index (χ4v) is 4.14. The average Bonchev–Trinajstić information content (AvgIpc) is 3.32. The van der Waals surface area contributed by atoms with Gasteiger partial charge < -0.3 is 25.1 Å². The number of amides is 1. The van der Waals surface area contributed by atoms with Crippen LogP contribution in [0.5, 0.6) is 5.75 Å². The number of nitrogens with zero attached hydrogens (tertiary/aromatic N) is 3. The monoisotopic (exact) mass is 550 g/mol. The van der Waals surface area contributed by atoms with E-state index in [0.717, 1.165) is 0 Å². The summed E-state index contributed by atoms with van der Waals surface area (Å²) in [6.45, 7) is 4.43. The van der Waals surface area contributed by atoms with Crippen molar-refractivity contribution in [2.75, 3.05) is 39.6 Å². The van der Waals surface area contributed by atoms with Crippen molar-refractivity contribution in [1.82, 2.24) is 5.01 Å². The second kappa shape index (κ2) is 13.3. The van der Waals surface area contributed by atoms with Crippen molar-refractivity contribution in [3.8, 4) is 5.75 Å². The van der Waals surface area contributed by atoms with Gasteiger partial charge in [0, 0.05) is 22.8 Å². The first kappa shape index (κ1) is 28.3. The van der Waals surface area contributed by atoms with Crippen LogP contribution in [0.15, 0.2) is 89.0 Å². The predicted molar refractivity (Wildman–Crippen MR) is 150 cm³/mol. The molecular formula is C29H31ClN4O5. The maximum atomic E-state index is 12.8. The molecule has 1 aliphatic heterocycles. The molecule has 1 atom stereocenters. The molecule has 1 unspecified atom stereocenters. The van der Waals surface area contributed by atoms with Gasteiger partial charge in [-0.1, -0.05) is 54.1 Å². The van der Waals surface area contributed by atoms with Crippen LogP contribution in [0, 0.1) is 0 Å². The van der Waals surface area contributed by atoms with E-state index in [1.165, 1.54) is 5.01 Å². The van der Waals surface area contributed by atoms with Gasteiger partial charge >= 0.3 is 0 Å². The number of hydrogen-bond donors (Lipinski definition) is 2. The zero-order valence-electron chi connectivity index (χ0n) is 21.6. The Morgan fingerprint density at radius 1 is 1.00 bits per heavy atom. The number of aliphatic imine (C=N–C) groups is 1. The number of halogens is 1. The van der Waals surface area contributed by atoms with E-state index in [-0.39, 0.29) is 12.5 Å². The van der Waals surface area contributed by atoms with E-state index in [2.05, 4.69) is 10.1 Å². The van der Waals surface area contributed by atoms with Crippen LogP contribution in [-0.4, -0.2) is 67.3 Å².